The molecule has 1 aromatic rings. The van der Waals surface area contributed by atoms with E-state index in [9.17, 15) is 9.59 Å². The van der Waals surface area contributed by atoms with Crippen molar-refractivity contribution >= 4 is 11.8 Å². The van der Waals surface area contributed by atoms with Gasteiger partial charge >= 0.3 is 0 Å². The SMILES string of the molecule is Cc1ccc(CCNC(=O)CN2CCCCCC2=O)cc1. The molecular weight excluding hydrogens is 264 g/mol. The summed E-state index contributed by atoms with van der Waals surface area (Å²) in [5.74, 6) is 0.0542. The summed E-state index contributed by atoms with van der Waals surface area (Å²) in [5.41, 5.74) is 2.45. The molecule has 1 aliphatic rings. The van der Waals surface area contributed by atoms with Crippen molar-refractivity contribution < 1.29 is 9.59 Å². The van der Waals surface area contributed by atoms with Crippen molar-refractivity contribution in [3.8, 4) is 0 Å². The van der Waals surface area contributed by atoms with Gasteiger partial charge in [0.05, 0.1) is 6.54 Å². The Bertz CT molecular complexity index is 482. The first kappa shape index (κ1) is 15.5. The Morgan fingerprint density at radius 2 is 1.95 bits per heavy atom. The number of carbonyl (C=O) groups is 2. The fraction of sp³-hybridized carbons (Fsp3) is 0.529. The molecule has 114 valence electrons. The predicted octanol–water partition coefficient (Wildman–Crippen LogP) is 2.06. The molecule has 1 aliphatic heterocycles. The normalized spacial score (nSPS) is 15.7. The maximum absolute atomic E-state index is 11.9. The molecule has 1 fully saturated rings. The molecule has 0 radical (unpaired) electrons. The summed E-state index contributed by atoms with van der Waals surface area (Å²) in [4.78, 5) is 25.4. The van der Waals surface area contributed by atoms with Crippen LogP contribution in [0.1, 0.15) is 36.8 Å². The summed E-state index contributed by atoms with van der Waals surface area (Å²) < 4.78 is 0. The second kappa shape index (κ2) is 7.81. The van der Waals surface area contributed by atoms with Gasteiger partial charge in [-0.25, -0.2) is 0 Å². The monoisotopic (exact) mass is 288 g/mol. The van der Waals surface area contributed by atoms with Crippen LogP contribution >= 0.6 is 0 Å². The number of likely N-dealkylation sites (tertiary alicyclic amines) is 1. The highest BCUT2D eigenvalue weighted by Gasteiger charge is 2.18. The van der Waals surface area contributed by atoms with Crippen LogP contribution in [0.5, 0.6) is 0 Å². The van der Waals surface area contributed by atoms with E-state index in [0.717, 1.165) is 25.7 Å². The van der Waals surface area contributed by atoms with Gasteiger partial charge in [0.25, 0.3) is 0 Å². The standard InChI is InChI=1S/C17H24N2O2/c1-14-6-8-15(9-7-14)10-11-18-16(20)13-19-12-4-2-3-5-17(19)21/h6-9H,2-5,10-13H2,1H3,(H,18,20). The smallest absolute Gasteiger partial charge is 0.239 e. The van der Waals surface area contributed by atoms with Crippen LogP contribution in [-0.4, -0.2) is 36.3 Å². The topological polar surface area (TPSA) is 49.4 Å². The second-order valence-corrected chi connectivity index (χ2v) is 5.71. The first-order valence-electron chi connectivity index (χ1n) is 7.75. The van der Waals surface area contributed by atoms with Gasteiger partial charge in [-0.2, -0.15) is 0 Å². The number of benzene rings is 1. The maximum Gasteiger partial charge on any atom is 0.239 e. The van der Waals surface area contributed by atoms with Gasteiger partial charge in [0.1, 0.15) is 0 Å². The first-order valence-corrected chi connectivity index (χ1v) is 7.75. The Kier molecular flexibility index (Phi) is 5.78. The van der Waals surface area contributed by atoms with Crippen molar-refractivity contribution in [2.45, 2.75) is 39.0 Å². The summed E-state index contributed by atoms with van der Waals surface area (Å²) in [6, 6.07) is 8.32. The average Bonchev–Trinajstić information content (AvgIpc) is 2.66. The molecule has 2 amide bonds. The zero-order valence-electron chi connectivity index (χ0n) is 12.7. The Hall–Kier alpha value is -1.84. The molecule has 1 N–H and O–H groups in total. The van der Waals surface area contributed by atoms with E-state index in [0.29, 0.717) is 19.5 Å². The van der Waals surface area contributed by atoms with Crippen molar-refractivity contribution in [3.63, 3.8) is 0 Å². The highest BCUT2D eigenvalue weighted by Crippen LogP contribution is 2.10. The van der Waals surface area contributed by atoms with Gasteiger partial charge in [-0.05, 0) is 31.7 Å². The minimum Gasteiger partial charge on any atom is -0.354 e. The predicted molar refractivity (Wildman–Crippen MR) is 82.9 cm³/mol. The van der Waals surface area contributed by atoms with Gasteiger partial charge in [0, 0.05) is 19.5 Å². The average molecular weight is 288 g/mol. The van der Waals surface area contributed by atoms with Gasteiger partial charge in [-0.15, -0.1) is 0 Å². The molecule has 0 aromatic heterocycles. The molecular formula is C17H24N2O2. The number of rotatable bonds is 5. The molecule has 1 saturated heterocycles. The van der Waals surface area contributed by atoms with Gasteiger partial charge in [-0.3, -0.25) is 9.59 Å². The van der Waals surface area contributed by atoms with Crippen molar-refractivity contribution in [1.82, 2.24) is 10.2 Å². The second-order valence-electron chi connectivity index (χ2n) is 5.71. The molecule has 0 atom stereocenters. The van der Waals surface area contributed by atoms with Crippen molar-refractivity contribution in [3.05, 3.63) is 35.4 Å². The van der Waals surface area contributed by atoms with Crippen LogP contribution in [0.4, 0.5) is 0 Å². The summed E-state index contributed by atoms with van der Waals surface area (Å²) in [6.07, 6.45) is 4.43. The minimum atomic E-state index is -0.0580. The van der Waals surface area contributed by atoms with E-state index >= 15 is 0 Å². The van der Waals surface area contributed by atoms with Crippen LogP contribution in [0.15, 0.2) is 24.3 Å². The van der Waals surface area contributed by atoms with Crippen LogP contribution in [0.2, 0.25) is 0 Å². The highest BCUT2D eigenvalue weighted by atomic mass is 16.2. The van der Waals surface area contributed by atoms with E-state index in [1.807, 2.05) is 0 Å². The first-order chi connectivity index (χ1) is 10.1. The third-order valence-corrected chi connectivity index (χ3v) is 3.86. The Labute approximate surface area is 126 Å². The zero-order chi connectivity index (χ0) is 15.1. The molecule has 0 saturated carbocycles. The quantitative estimate of drug-likeness (QED) is 0.901. The summed E-state index contributed by atoms with van der Waals surface area (Å²) >= 11 is 0. The van der Waals surface area contributed by atoms with E-state index in [1.165, 1.54) is 11.1 Å². The Morgan fingerprint density at radius 3 is 2.71 bits per heavy atom. The van der Waals surface area contributed by atoms with E-state index in [1.54, 1.807) is 4.90 Å². The van der Waals surface area contributed by atoms with E-state index in [2.05, 4.69) is 36.5 Å². The van der Waals surface area contributed by atoms with Gasteiger partial charge in [0.15, 0.2) is 0 Å². The molecule has 4 nitrogen and oxygen atoms in total. The largest absolute Gasteiger partial charge is 0.354 e. The number of aryl methyl sites for hydroxylation is 1. The highest BCUT2D eigenvalue weighted by molar-refractivity contribution is 5.84. The lowest BCUT2D eigenvalue weighted by Gasteiger charge is -2.19. The molecule has 2 rings (SSSR count). The fourth-order valence-electron chi connectivity index (χ4n) is 2.54. The lowest BCUT2D eigenvalue weighted by Crippen LogP contribution is -2.41. The number of hydrogen-bond acceptors (Lipinski definition) is 2. The third kappa shape index (κ3) is 5.21. The Balaban J connectivity index is 1.71. The number of nitrogens with zero attached hydrogens (tertiary/aromatic N) is 1. The summed E-state index contributed by atoms with van der Waals surface area (Å²) in [7, 11) is 0. The molecule has 0 spiro atoms. The number of carbonyl (C=O) groups excluding carboxylic acids is 2. The lowest BCUT2D eigenvalue weighted by atomic mass is 10.1. The Morgan fingerprint density at radius 1 is 1.19 bits per heavy atom. The van der Waals surface area contributed by atoms with E-state index in [-0.39, 0.29) is 18.4 Å². The van der Waals surface area contributed by atoms with Crippen LogP contribution < -0.4 is 5.32 Å². The van der Waals surface area contributed by atoms with E-state index in [4.69, 9.17) is 0 Å². The number of amides is 2. The molecule has 21 heavy (non-hydrogen) atoms. The van der Waals surface area contributed by atoms with Crippen molar-refractivity contribution in [2.75, 3.05) is 19.6 Å². The zero-order valence-corrected chi connectivity index (χ0v) is 12.7. The molecule has 0 bridgehead atoms. The van der Waals surface area contributed by atoms with Crippen LogP contribution in [0.3, 0.4) is 0 Å². The van der Waals surface area contributed by atoms with Gasteiger partial charge < -0.3 is 10.2 Å². The van der Waals surface area contributed by atoms with Crippen molar-refractivity contribution in [2.24, 2.45) is 0 Å². The van der Waals surface area contributed by atoms with Crippen molar-refractivity contribution in [1.29, 1.82) is 0 Å². The molecule has 0 aliphatic carbocycles. The van der Waals surface area contributed by atoms with E-state index < -0.39 is 0 Å². The van der Waals surface area contributed by atoms with Crippen LogP contribution in [-0.2, 0) is 16.0 Å². The van der Waals surface area contributed by atoms with Crippen LogP contribution in [0.25, 0.3) is 0 Å². The maximum atomic E-state index is 11.9. The molecule has 1 aromatic carbocycles. The third-order valence-electron chi connectivity index (χ3n) is 3.86. The molecule has 1 heterocycles. The fourth-order valence-corrected chi connectivity index (χ4v) is 2.54. The van der Waals surface area contributed by atoms with Gasteiger partial charge in [-0.1, -0.05) is 36.2 Å². The minimum absolute atomic E-state index is 0.0580. The molecule has 0 unspecified atom stereocenters. The summed E-state index contributed by atoms with van der Waals surface area (Å²) in [6.45, 7) is 3.59. The van der Waals surface area contributed by atoms with Crippen LogP contribution in [0, 0.1) is 6.92 Å². The van der Waals surface area contributed by atoms with Gasteiger partial charge in [0.2, 0.25) is 11.8 Å². The number of hydrogen-bond donors (Lipinski definition) is 1. The lowest BCUT2D eigenvalue weighted by molar-refractivity contribution is -0.135. The number of nitrogens with one attached hydrogen (secondary N) is 1. The summed E-state index contributed by atoms with van der Waals surface area (Å²) in [5, 5.41) is 2.90. The molecule has 4 heteroatoms.